The van der Waals surface area contributed by atoms with Gasteiger partial charge in [0.15, 0.2) is 17.7 Å². The van der Waals surface area contributed by atoms with Gasteiger partial charge in [-0.1, -0.05) is 12.2 Å². The molecule has 1 unspecified atom stereocenters. The van der Waals surface area contributed by atoms with Crippen LogP contribution in [0.4, 0.5) is 5.82 Å². The Morgan fingerprint density at radius 2 is 1.98 bits per heavy atom. The average molecular weight is 547 g/mol. The highest BCUT2D eigenvalue weighted by molar-refractivity contribution is 6.13. The topological polar surface area (TPSA) is 147 Å². The van der Waals surface area contributed by atoms with Crippen molar-refractivity contribution < 1.29 is 14.9 Å². The SMILES string of the molecule is CC(C)N(C[C@H]1O[C@@H](n2cnc3c(N)ncnc32)[C@H](O)[C@@H]1O)C1CC(CCC2=NC3C=CC(C4CC4)=CC3=N2)C1. The summed E-state index contributed by atoms with van der Waals surface area (Å²) in [7, 11) is 0. The van der Waals surface area contributed by atoms with Gasteiger partial charge in [0.25, 0.3) is 0 Å². The van der Waals surface area contributed by atoms with Crippen molar-refractivity contribution in [1.29, 1.82) is 0 Å². The standard InChI is InChI=1S/C29H38N8O3/c1-15(2)36(12-22-25(38)26(39)29(40-22)37-14-33-24-27(30)31-13-32-28(24)37)19-9-16(10-19)3-8-23-34-20-7-6-18(17-4-5-17)11-21(20)35-23/h6-7,11,13-17,19-20,22,25-26,29,38-39H,3-5,8-10,12H2,1-2H3,(H2,30,31,32)/t16?,19?,20?,22-,25-,26-,29-/m1/s1. The third-order valence-corrected chi connectivity index (χ3v) is 9.19. The number of nitrogens with two attached hydrogens (primary N) is 1. The first-order valence-electron chi connectivity index (χ1n) is 14.6. The van der Waals surface area contributed by atoms with Crippen LogP contribution < -0.4 is 5.73 Å². The Morgan fingerprint density at radius 1 is 1.15 bits per heavy atom. The van der Waals surface area contributed by atoms with Crippen LogP contribution in [0.15, 0.2) is 46.4 Å². The fourth-order valence-corrected chi connectivity index (χ4v) is 6.64. The number of aliphatic hydroxyl groups excluding tert-OH is 2. The number of ether oxygens (including phenoxy) is 1. The van der Waals surface area contributed by atoms with E-state index in [-0.39, 0.29) is 17.9 Å². The van der Waals surface area contributed by atoms with Crippen molar-refractivity contribution in [3.63, 3.8) is 0 Å². The van der Waals surface area contributed by atoms with Crippen molar-refractivity contribution in [2.24, 2.45) is 21.8 Å². The van der Waals surface area contributed by atoms with Gasteiger partial charge >= 0.3 is 0 Å². The summed E-state index contributed by atoms with van der Waals surface area (Å²) in [6, 6.07) is 0.822. The van der Waals surface area contributed by atoms with Crippen molar-refractivity contribution in [1.82, 2.24) is 24.4 Å². The molecule has 4 N–H and O–H groups in total. The molecule has 7 rings (SSSR count). The summed E-state index contributed by atoms with van der Waals surface area (Å²) in [5, 5.41) is 21.8. The average Bonchev–Trinajstić information content (AvgIpc) is 3.45. The molecule has 11 nitrogen and oxygen atoms in total. The zero-order chi connectivity index (χ0) is 27.5. The van der Waals surface area contributed by atoms with Gasteiger partial charge in [-0.25, -0.2) is 19.9 Å². The lowest BCUT2D eigenvalue weighted by Gasteiger charge is -2.46. The second kappa shape index (κ2) is 10.1. The van der Waals surface area contributed by atoms with E-state index in [9.17, 15) is 10.2 Å². The molecule has 11 heteroatoms. The minimum absolute atomic E-state index is 0.116. The molecule has 0 amide bonds. The Kier molecular flexibility index (Phi) is 6.57. The maximum absolute atomic E-state index is 10.9. The van der Waals surface area contributed by atoms with Crippen LogP contribution in [0.25, 0.3) is 11.2 Å². The van der Waals surface area contributed by atoms with Crippen LogP contribution in [0, 0.1) is 11.8 Å². The van der Waals surface area contributed by atoms with E-state index >= 15 is 0 Å². The van der Waals surface area contributed by atoms with Crippen LogP contribution in [0.2, 0.25) is 0 Å². The van der Waals surface area contributed by atoms with Crippen LogP contribution in [-0.2, 0) is 4.74 Å². The number of allylic oxidation sites excluding steroid dienone is 2. The summed E-state index contributed by atoms with van der Waals surface area (Å²) in [6.45, 7) is 4.89. The fourth-order valence-electron chi connectivity index (χ4n) is 6.64. The second-order valence-electron chi connectivity index (χ2n) is 12.3. The zero-order valence-electron chi connectivity index (χ0n) is 23.0. The maximum Gasteiger partial charge on any atom is 0.167 e. The number of amidine groups is 1. The summed E-state index contributed by atoms with van der Waals surface area (Å²) in [6.07, 6.45) is 13.0. The molecule has 2 aromatic rings. The minimum Gasteiger partial charge on any atom is -0.387 e. The van der Waals surface area contributed by atoms with Crippen LogP contribution in [-0.4, -0.2) is 89.2 Å². The van der Waals surface area contributed by atoms with Gasteiger partial charge in [-0.05, 0) is 69.4 Å². The summed E-state index contributed by atoms with van der Waals surface area (Å²) in [5.74, 6) is 2.63. The first-order chi connectivity index (χ1) is 19.4. The zero-order valence-corrected chi connectivity index (χ0v) is 23.0. The first kappa shape index (κ1) is 25.9. The summed E-state index contributed by atoms with van der Waals surface area (Å²) >= 11 is 0. The molecule has 0 aromatic carbocycles. The first-order valence-corrected chi connectivity index (χ1v) is 14.6. The van der Waals surface area contributed by atoms with Gasteiger partial charge in [0.2, 0.25) is 0 Å². The maximum atomic E-state index is 10.9. The Morgan fingerprint density at radius 3 is 2.75 bits per heavy atom. The largest absolute Gasteiger partial charge is 0.387 e. The molecule has 212 valence electrons. The highest BCUT2D eigenvalue weighted by atomic mass is 16.6. The lowest BCUT2D eigenvalue weighted by molar-refractivity contribution is -0.0619. The van der Waals surface area contributed by atoms with Crippen LogP contribution in [0.3, 0.4) is 0 Å². The van der Waals surface area contributed by atoms with E-state index in [1.54, 1.807) is 4.57 Å². The van der Waals surface area contributed by atoms with Gasteiger partial charge in [-0.15, -0.1) is 0 Å². The van der Waals surface area contributed by atoms with Gasteiger partial charge in [-0.2, -0.15) is 0 Å². The van der Waals surface area contributed by atoms with Crippen molar-refractivity contribution >= 4 is 28.5 Å². The predicted octanol–water partition coefficient (Wildman–Crippen LogP) is 2.42. The highest BCUT2D eigenvalue weighted by Gasteiger charge is 2.46. The molecule has 2 aromatic heterocycles. The van der Waals surface area contributed by atoms with Crippen molar-refractivity contribution in [2.75, 3.05) is 12.3 Å². The number of anilines is 1. The van der Waals surface area contributed by atoms with E-state index in [2.05, 4.69) is 51.9 Å². The molecule has 40 heavy (non-hydrogen) atoms. The molecule has 3 fully saturated rings. The molecular formula is C29H38N8O3. The van der Waals surface area contributed by atoms with Gasteiger partial charge < -0.3 is 20.7 Å². The quantitative estimate of drug-likeness (QED) is 0.435. The molecular weight excluding hydrogens is 508 g/mol. The lowest BCUT2D eigenvalue weighted by Crippen LogP contribution is -2.52. The number of rotatable bonds is 9. The van der Waals surface area contributed by atoms with E-state index in [1.165, 1.54) is 31.1 Å². The van der Waals surface area contributed by atoms with E-state index in [0.29, 0.717) is 29.7 Å². The monoisotopic (exact) mass is 546 g/mol. The van der Waals surface area contributed by atoms with E-state index < -0.39 is 24.5 Å². The molecule has 0 bridgehead atoms. The van der Waals surface area contributed by atoms with Gasteiger partial charge in [0.1, 0.15) is 42.0 Å². The van der Waals surface area contributed by atoms with Gasteiger partial charge in [0.05, 0.1) is 12.0 Å². The Hall–Kier alpha value is -2.99. The van der Waals surface area contributed by atoms with Crippen molar-refractivity contribution in [3.05, 3.63) is 36.5 Å². The molecule has 4 heterocycles. The minimum atomic E-state index is -1.11. The molecule has 3 aliphatic carbocycles. The lowest BCUT2D eigenvalue weighted by atomic mass is 9.76. The third-order valence-electron chi connectivity index (χ3n) is 9.19. The van der Waals surface area contributed by atoms with E-state index in [0.717, 1.165) is 43.1 Å². The normalized spacial score (nSPS) is 33.4. The number of hydrogen-bond donors (Lipinski definition) is 3. The predicted molar refractivity (Wildman–Crippen MR) is 152 cm³/mol. The molecule has 5 atom stereocenters. The molecule has 0 spiro atoms. The number of nitrogens with zero attached hydrogens (tertiary/aromatic N) is 7. The number of aromatic nitrogens is 4. The highest BCUT2D eigenvalue weighted by Crippen LogP contribution is 2.40. The molecule has 1 saturated heterocycles. The Labute approximate surface area is 233 Å². The number of aliphatic imine (C=N–C) groups is 2. The smallest absolute Gasteiger partial charge is 0.167 e. The number of nitrogen functional groups attached to an aromatic ring is 1. The number of hydrogen-bond acceptors (Lipinski definition) is 10. The van der Waals surface area contributed by atoms with E-state index in [1.807, 2.05) is 0 Å². The number of fused-ring (bicyclic) bond motifs is 2. The number of aliphatic hydroxyl groups is 2. The van der Waals surface area contributed by atoms with Crippen LogP contribution >= 0.6 is 0 Å². The number of imidazole rings is 1. The third kappa shape index (κ3) is 4.68. The summed E-state index contributed by atoms with van der Waals surface area (Å²) in [5.41, 5.74) is 9.38. The fraction of sp³-hybridized carbons (Fsp3) is 0.621. The van der Waals surface area contributed by atoms with Crippen LogP contribution in [0.1, 0.15) is 58.6 Å². The van der Waals surface area contributed by atoms with Gasteiger partial charge in [0, 0.05) is 25.0 Å². The summed E-state index contributed by atoms with van der Waals surface area (Å²) in [4.78, 5) is 24.6. The van der Waals surface area contributed by atoms with Gasteiger partial charge in [-0.3, -0.25) is 14.5 Å². The Bertz CT molecular complexity index is 1400. The van der Waals surface area contributed by atoms with Crippen LogP contribution in [0.5, 0.6) is 0 Å². The van der Waals surface area contributed by atoms with Crippen molar-refractivity contribution in [2.45, 2.75) is 95.0 Å². The van der Waals surface area contributed by atoms with E-state index in [4.69, 9.17) is 20.5 Å². The van der Waals surface area contributed by atoms with Crippen molar-refractivity contribution in [3.8, 4) is 0 Å². The second-order valence-corrected chi connectivity index (χ2v) is 12.3. The molecule has 2 saturated carbocycles. The Balaban J connectivity index is 0.943. The molecule has 5 aliphatic rings. The molecule has 2 aliphatic heterocycles. The summed E-state index contributed by atoms with van der Waals surface area (Å²) < 4.78 is 7.86. The molecule has 0 radical (unpaired) electrons.